The number of aromatic nitrogens is 4. The predicted octanol–water partition coefficient (Wildman–Crippen LogP) is 5.56. The minimum atomic E-state index is -0.903. The first-order chi connectivity index (χ1) is 40.8. The molecule has 23 heteroatoms. The highest BCUT2D eigenvalue weighted by molar-refractivity contribution is 5.93. The number of esters is 1. The molecule has 3 amide bonds. The van der Waals surface area contributed by atoms with Crippen molar-refractivity contribution in [1.29, 1.82) is 0 Å². The number of fused-ring (bicyclic) bond motifs is 4. The van der Waals surface area contributed by atoms with Gasteiger partial charge in [-0.3, -0.25) is 19.2 Å². The van der Waals surface area contributed by atoms with Crippen molar-refractivity contribution < 1.29 is 71.0 Å². The third kappa shape index (κ3) is 23.2. The Morgan fingerprint density at radius 3 is 1.87 bits per heavy atom. The number of ether oxygens (including phenoxy) is 9. The largest absolute Gasteiger partial charge is 0.461 e. The molecule has 3 fully saturated rings. The van der Waals surface area contributed by atoms with Crippen LogP contribution in [0, 0.1) is 48.2 Å². The van der Waals surface area contributed by atoms with E-state index in [0.717, 1.165) is 47.8 Å². The highest BCUT2D eigenvalue weighted by Crippen LogP contribution is 2.50. The summed E-state index contributed by atoms with van der Waals surface area (Å²) in [6.45, 7) is 13.1. The molecule has 0 unspecified atom stereocenters. The lowest BCUT2D eigenvalue weighted by Crippen LogP contribution is -2.46. The Morgan fingerprint density at radius 2 is 1.30 bits per heavy atom. The number of benzene rings is 1. The van der Waals surface area contributed by atoms with Crippen molar-refractivity contribution in [2.24, 2.45) is 47.0 Å². The third-order valence-corrected chi connectivity index (χ3v) is 15.3. The molecule has 3 heterocycles. The molecule has 1 aromatic carbocycles. The van der Waals surface area contributed by atoms with Crippen LogP contribution in [0.1, 0.15) is 87.6 Å². The van der Waals surface area contributed by atoms with Crippen LogP contribution in [-0.4, -0.2) is 174 Å². The molecular formula is C61H89FN8O14. The number of ketones is 2. The topological polar surface area (TPSA) is 299 Å². The third-order valence-electron chi connectivity index (χ3n) is 15.3. The minimum absolute atomic E-state index is 0.00562. The van der Waals surface area contributed by atoms with Gasteiger partial charge in [0.05, 0.1) is 130 Å². The standard InChI is InChI=1S/C61H89FN8O14/c1-41(2)48(35-47(71)14-17-76-19-21-78-23-25-80-27-29-82-31-32-83-30-28-81-26-24-79-22-20-77-18-15-63)59(73)70-53(5-4-16-65-61(64)75)55(72)34-43-6-8-44(9-7-43)40-84-60(74)56-46-12-10-45(11-13-46)49(56)36-54-52(62)39-68-58(69-54)51-38-67-57-50(51)33-42(3)37-66-57/h6-9,33,37-39,41,45-46,48-49,53,56H,4-5,10-32,34-36,40,63H2,1-3H3,(H,66,67)(H,70,73)(H3,64,65,75)/t45?,46?,48-,49-,53-,56-/m0/s1. The van der Waals surface area contributed by atoms with Gasteiger partial charge in [0.1, 0.15) is 18.0 Å². The zero-order valence-corrected chi connectivity index (χ0v) is 49.3. The van der Waals surface area contributed by atoms with E-state index < -0.39 is 35.6 Å². The Bertz CT molecular complexity index is 2620. The number of pyridine rings is 1. The van der Waals surface area contributed by atoms with Gasteiger partial charge in [-0.15, -0.1) is 0 Å². The van der Waals surface area contributed by atoms with Gasteiger partial charge < -0.3 is 69.7 Å². The van der Waals surface area contributed by atoms with Crippen molar-refractivity contribution in [3.63, 3.8) is 0 Å². The average molecular weight is 1180 g/mol. The summed E-state index contributed by atoms with van der Waals surface area (Å²) in [5.74, 6) is -2.31. The number of Topliss-reactive ketones (excluding diaryl/α,β-unsaturated/α-hetero) is 2. The smallest absolute Gasteiger partial charge is 0.312 e. The van der Waals surface area contributed by atoms with Crippen molar-refractivity contribution >= 4 is 40.5 Å². The van der Waals surface area contributed by atoms with Crippen LogP contribution >= 0.6 is 0 Å². The molecule has 0 aliphatic heterocycles. The van der Waals surface area contributed by atoms with Crippen molar-refractivity contribution in [2.75, 3.05) is 119 Å². The number of rotatable bonds is 44. The van der Waals surface area contributed by atoms with Gasteiger partial charge in [0, 0.05) is 61.6 Å². The van der Waals surface area contributed by atoms with Crippen LogP contribution in [0.25, 0.3) is 22.4 Å². The first kappa shape index (κ1) is 67.2. The first-order valence-corrected chi connectivity index (χ1v) is 29.7. The number of aromatic amines is 1. The van der Waals surface area contributed by atoms with Crippen LogP contribution in [0.15, 0.2) is 48.9 Å². The molecule has 0 saturated heterocycles. The minimum Gasteiger partial charge on any atom is -0.461 e. The second-order valence-electron chi connectivity index (χ2n) is 21.8. The summed E-state index contributed by atoms with van der Waals surface area (Å²) in [6, 6.07) is 7.59. The number of amides is 3. The average Bonchev–Trinajstić information content (AvgIpc) is 4.01. The molecule has 22 nitrogen and oxygen atoms in total. The van der Waals surface area contributed by atoms with Gasteiger partial charge in [0.2, 0.25) is 5.91 Å². The van der Waals surface area contributed by atoms with Crippen LogP contribution in [0.5, 0.6) is 0 Å². The van der Waals surface area contributed by atoms with Crippen LogP contribution < -0.4 is 22.1 Å². The molecule has 84 heavy (non-hydrogen) atoms. The maximum Gasteiger partial charge on any atom is 0.312 e. The number of nitrogens with two attached hydrogens (primary N) is 2. The van der Waals surface area contributed by atoms with Crippen molar-refractivity contribution in [3.05, 3.63) is 77.1 Å². The van der Waals surface area contributed by atoms with E-state index >= 15 is 4.39 Å². The van der Waals surface area contributed by atoms with E-state index in [1.807, 2.05) is 26.8 Å². The number of nitrogens with one attached hydrogen (secondary N) is 3. The van der Waals surface area contributed by atoms with Gasteiger partial charge in [-0.2, -0.15) is 0 Å². The Hall–Kier alpha value is -5.89. The van der Waals surface area contributed by atoms with E-state index in [1.54, 1.807) is 36.7 Å². The SMILES string of the molecule is Cc1cnc2[nH]cc(-c3ncc(F)c(C[C@H]4C5CCC(CC5)[C@@H]4C(=O)OCc4ccc(CC(=O)[C@H](CCCNC(N)=O)NC(=O)[C@@H](CC(=O)CCOCCOCCOCCOCCOCCOCCOCCOCCN)C(C)C)cc4)n3)c2c1. The van der Waals surface area contributed by atoms with Crippen molar-refractivity contribution in [2.45, 2.75) is 97.6 Å². The summed E-state index contributed by atoms with van der Waals surface area (Å²) in [4.78, 5) is 83.0. The van der Waals surface area contributed by atoms with Crippen molar-refractivity contribution in [3.8, 4) is 11.4 Å². The number of halogens is 1. The number of carbonyl (C=O) groups excluding carboxylic acids is 5. The van der Waals surface area contributed by atoms with Gasteiger partial charge in [-0.05, 0) is 98.3 Å². The van der Waals surface area contributed by atoms with Gasteiger partial charge >= 0.3 is 12.0 Å². The number of hydrogen-bond acceptors (Lipinski definition) is 18. The summed E-state index contributed by atoms with van der Waals surface area (Å²) in [7, 11) is 0. The zero-order valence-electron chi connectivity index (χ0n) is 49.3. The van der Waals surface area contributed by atoms with E-state index in [0.29, 0.717) is 122 Å². The molecule has 3 aromatic heterocycles. The molecule has 4 atom stereocenters. The normalized spacial score (nSPS) is 17.4. The Kier molecular flexibility index (Phi) is 30.0. The first-order valence-electron chi connectivity index (χ1n) is 29.7. The molecule has 3 aliphatic rings. The predicted molar refractivity (Wildman–Crippen MR) is 310 cm³/mol. The van der Waals surface area contributed by atoms with Crippen molar-refractivity contribution in [1.82, 2.24) is 30.6 Å². The summed E-state index contributed by atoms with van der Waals surface area (Å²) < 4.78 is 65.3. The molecule has 3 saturated carbocycles. The van der Waals surface area contributed by atoms with Gasteiger partial charge in [0.15, 0.2) is 17.4 Å². The second-order valence-corrected chi connectivity index (χ2v) is 21.8. The highest BCUT2D eigenvalue weighted by Gasteiger charge is 2.48. The van der Waals surface area contributed by atoms with E-state index in [2.05, 4.69) is 25.6 Å². The number of urea groups is 1. The van der Waals surface area contributed by atoms with Crippen LogP contribution in [0.3, 0.4) is 0 Å². The molecule has 2 bridgehead atoms. The molecule has 464 valence electrons. The lowest BCUT2D eigenvalue weighted by molar-refractivity contribution is -0.160. The second kappa shape index (κ2) is 37.5. The number of carbonyl (C=O) groups is 5. The van der Waals surface area contributed by atoms with Gasteiger partial charge in [-0.1, -0.05) is 38.1 Å². The van der Waals surface area contributed by atoms with E-state index in [1.165, 1.54) is 6.20 Å². The number of aryl methyl sites for hydroxylation is 1. The summed E-state index contributed by atoms with van der Waals surface area (Å²) in [6.07, 6.45) is 9.48. The van der Waals surface area contributed by atoms with Gasteiger partial charge in [0.25, 0.3) is 0 Å². The molecular weight excluding hydrogens is 1090 g/mol. The van der Waals surface area contributed by atoms with E-state index in [4.69, 9.17) is 59.1 Å². The Balaban J connectivity index is 0.869. The van der Waals surface area contributed by atoms with Crippen LogP contribution in [0.4, 0.5) is 9.18 Å². The van der Waals surface area contributed by atoms with E-state index in [9.17, 15) is 24.0 Å². The van der Waals surface area contributed by atoms with E-state index in [-0.39, 0.29) is 105 Å². The fraction of sp³-hybridized carbons (Fsp3) is 0.639. The maximum atomic E-state index is 15.5. The Labute approximate surface area is 492 Å². The lowest BCUT2D eigenvalue weighted by Gasteiger charge is -2.47. The summed E-state index contributed by atoms with van der Waals surface area (Å²) in [5.41, 5.74) is 14.7. The molecule has 0 spiro atoms. The maximum absolute atomic E-state index is 15.5. The fourth-order valence-corrected chi connectivity index (χ4v) is 10.8. The number of nitrogens with zero attached hydrogens (tertiary/aromatic N) is 3. The molecule has 4 aromatic rings. The summed E-state index contributed by atoms with van der Waals surface area (Å²) >= 11 is 0. The molecule has 7 rings (SSSR count). The quantitative estimate of drug-likeness (QED) is 0.0267. The fourth-order valence-electron chi connectivity index (χ4n) is 10.8. The zero-order chi connectivity index (χ0) is 59.9. The number of hydrogen-bond donors (Lipinski definition) is 5. The highest BCUT2D eigenvalue weighted by atomic mass is 19.1. The lowest BCUT2D eigenvalue weighted by atomic mass is 9.57. The monoisotopic (exact) mass is 1180 g/mol. The number of H-pyrrole nitrogens is 1. The molecule has 3 aliphatic carbocycles. The molecule has 0 radical (unpaired) electrons. The summed E-state index contributed by atoms with van der Waals surface area (Å²) in [5, 5.41) is 6.30. The number of primary amides is 1. The van der Waals surface area contributed by atoms with Crippen LogP contribution in [-0.2, 0) is 81.3 Å². The van der Waals surface area contributed by atoms with Gasteiger partial charge in [-0.25, -0.2) is 24.1 Å². The van der Waals surface area contributed by atoms with Crippen LogP contribution in [0.2, 0.25) is 0 Å². The Morgan fingerprint density at radius 1 is 0.738 bits per heavy atom. The molecule has 7 N–H and O–H groups in total.